The van der Waals surface area contributed by atoms with Crippen molar-refractivity contribution >= 4 is 21.4 Å². The number of hydrogen-bond acceptors (Lipinski definition) is 4. The molecule has 19 heavy (non-hydrogen) atoms. The number of hydrogen-bond donors (Lipinski definition) is 2. The van der Waals surface area contributed by atoms with Crippen molar-refractivity contribution in [3.63, 3.8) is 0 Å². The lowest BCUT2D eigenvalue weighted by Crippen LogP contribution is -2.33. The molecule has 2 aliphatic carbocycles. The van der Waals surface area contributed by atoms with Gasteiger partial charge in [0, 0.05) is 23.0 Å². The minimum atomic E-state index is -3.32. The molecule has 1 aromatic heterocycles. The van der Waals surface area contributed by atoms with Gasteiger partial charge in [-0.15, -0.1) is 11.3 Å². The second kappa shape index (κ2) is 4.84. The minimum Gasteiger partial charge on any atom is -0.314 e. The normalized spacial score (nSPS) is 21.5. The van der Waals surface area contributed by atoms with Gasteiger partial charge in [0.25, 0.3) is 10.0 Å². The Morgan fingerprint density at radius 1 is 1.37 bits per heavy atom. The fourth-order valence-electron chi connectivity index (χ4n) is 1.99. The van der Waals surface area contributed by atoms with Gasteiger partial charge >= 0.3 is 0 Å². The Kier molecular flexibility index (Phi) is 3.45. The zero-order chi connectivity index (χ0) is 13.5. The molecule has 2 fully saturated rings. The second-order valence-corrected chi connectivity index (χ2v) is 8.94. The van der Waals surface area contributed by atoms with Gasteiger partial charge in [-0.05, 0) is 51.2 Å². The van der Waals surface area contributed by atoms with Gasteiger partial charge in [0.2, 0.25) is 0 Å². The first kappa shape index (κ1) is 13.5. The quantitative estimate of drug-likeness (QED) is 0.808. The molecule has 0 amide bonds. The van der Waals surface area contributed by atoms with Crippen LogP contribution in [0.4, 0.5) is 0 Å². The minimum absolute atomic E-state index is 0.198. The SMILES string of the molecule is CC1(NS(=O)(=O)c2ccc(CCNC3CC3)s2)CC1. The maximum absolute atomic E-state index is 12.2. The largest absolute Gasteiger partial charge is 0.314 e. The summed E-state index contributed by atoms with van der Waals surface area (Å²) in [5.41, 5.74) is -0.198. The molecule has 106 valence electrons. The zero-order valence-electron chi connectivity index (χ0n) is 11.1. The Hall–Kier alpha value is -0.430. The average molecular weight is 300 g/mol. The molecule has 0 aromatic carbocycles. The van der Waals surface area contributed by atoms with E-state index in [9.17, 15) is 8.42 Å². The molecule has 2 aliphatic rings. The third kappa shape index (κ3) is 3.56. The molecule has 0 atom stereocenters. The van der Waals surface area contributed by atoms with E-state index < -0.39 is 10.0 Å². The summed E-state index contributed by atoms with van der Waals surface area (Å²) in [7, 11) is -3.32. The number of nitrogens with one attached hydrogen (secondary N) is 2. The van der Waals surface area contributed by atoms with Gasteiger partial charge in [-0.3, -0.25) is 0 Å². The Labute approximate surface area is 118 Å². The smallest absolute Gasteiger partial charge is 0.250 e. The van der Waals surface area contributed by atoms with Crippen LogP contribution in [0.1, 0.15) is 37.5 Å². The van der Waals surface area contributed by atoms with Crippen LogP contribution in [-0.4, -0.2) is 26.5 Å². The summed E-state index contributed by atoms with van der Waals surface area (Å²) in [6, 6.07) is 4.37. The van der Waals surface area contributed by atoms with Gasteiger partial charge in [-0.25, -0.2) is 13.1 Å². The fourth-order valence-corrected chi connectivity index (χ4v) is 4.81. The van der Waals surface area contributed by atoms with Crippen molar-refractivity contribution in [2.75, 3.05) is 6.54 Å². The Bertz CT molecular complexity index is 557. The summed E-state index contributed by atoms with van der Waals surface area (Å²) >= 11 is 1.39. The van der Waals surface area contributed by atoms with Crippen molar-refractivity contribution in [1.82, 2.24) is 10.0 Å². The first-order valence-corrected chi connectivity index (χ1v) is 9.13. The third-order valence-corrected chi connectivity index (χ3v) is 6.94. The van der Waals surface area contributed by atoms with Crippen molar-refractivity contribution in [3.8, 4) is 0 Å². The zero-order valence-corrected chi connectivity index (χ0v) is 12.7. The number of rotatable bonds is 7. The lowest BCUT2D eigenvalue weighted by molar-refractivity contribution is 0.560. The summed E-state index contributed by atoms with van der Waals surface area (Å²) in [4.78, 5) is 1.13. The Morgan fingerprint density at radius 2 is 2.11 bits per heavy atom. The fraction of sp³-hybridized carbons (Fsp3) is 0.692. The van der Waals surface area contributed by atoms with Gasteiger partial charge in [0.05, 0.1) is 0 Å². The molecule has 6 heteroatoms. The first-order chi connectivity index (χ1) is 8.97. The van der Waals surface area contributed by atoms with Gasteiger partial charge in [0.15, 0.2) is 0 Å². The van der Waals surface area contributed by atoms with E-state index in [0.717, 1.165) is 30.7 Å². The lowest BCUT2D eigenvalue weighted by Gasteiger charge is -2.10. The first-order valence-electron chi connectivity index (χ1n) is 6.83. The summed E-state index contributed by atoms with van der Waals surface area (Å²) < 4.78 is 27.6. The highest BCUT2D eigenvalue weighted by Gasteiger charge is 2.41. The molecule has 1 aromatic rings. The van der Waals surface area contributed by atoms with Crippen LogP contribution in [0.15, 0.2) is 16.3 Å². The van der Waals surface area contributed by atoms with E-state index in [1.165, 1.54) is 24.2 Å². The molecule has 1 heterocycles. The van der Waals surface area contributed by atoms with E-state index in [1.807, 2.05) is 13.0 Å². The summed E-state index contributed by atoms with van der Waals surface area (Å²) in [6.07, 6.45) is 5.36. The molecule has 3 rings (SSSR count). The van der Waals surface area contributed by atoms with Crippen LogP contribution in [0.5, 0.6) is 0 Å². The van der Waals surface area contributed by atoms with Crippen LogP contribution in [-0.2, 0) is 16.4 Å². The Balaban J connectivity index is 1.59. The summed E-state index contributed by atoms with van der Waals surface area (Å²) in [5, 5.41) is 3.44. The molecule has 0 radical (unpaired) electrons. The highest BCUT2D eigenvalue weighted by Crippen LogP contribution is 2.36. The predicted octanol–water partition coefficient (Wildman–Crippen LogP) is 1.87. The van der Waals surface area contributed by atoms with Gasteiger partial charge in [0.1, 0.15) is 4.21 Å². The number of thiophene rings is 1. The van der Waals surface area contributed by atoms with Gasteiger partial charge in [-0.2, -0.15) is 0 Å². The van der Waals surface area contributed by atoms with Crippen molar-refractivity contribution in [3.05, 3.63) is 17.0 Å². The highest BCUT2D eigenvalue weighted by atomic mass is 32.2. The van der Waals surface area contributed by atoms with Crippen molar-refractivity contribution < 1.29 is 8.42 Å². The molecular formula is C13H20N2O2S2. The molecule has 2 saturated carbocycles. The Morgan fingerprint density at radius 3 is 2.74 bits per heavy atom. The lowest BCUT2D eigenvalue weighted by atomic mass is 10.3. The topological polar surface area (TPSA) is 58.2 Å². The van der Waals surface area contributed by atoms with Gasteiger partial charge in [-0.1, -0.05) is 0 Å². The summed E-state index contributed by atoms with van der Waals surface area (Å²) in [5.74, 6) is 0. The van der Waals surface area contributed by atoms with Crippen LogP contribution in [0.25, 0.3) is 0 Å². The van der Waals surface area contributed by atoms with E-state index in [1.54, 1.807) is 6.07 Å². The molecule has 0 bridgehead atoms. The summed E-state index contributed by atoms with van der Waals surface area (Å²) in [6.45, 7) is 2.90. The van der Waals surface area contributed by atoms with E-state index >= 15 is 0 Å². The van der Waals surface area contributed by atoms with Crippen LogP contribution < -0.4 is 10.0 Å². The van der Waals surface area contributed by atoms with Crippen LogP contribution in [0.2, 0.25) is 0 Å². The maximum Gasteiger partial charge on any atom is 0.250 e. The van der Waals surface area contributed by atoms with Crippen molar-refractivity contribution in [2.45, 2.75) is 54.8 Å². The molecule has 0 spiro atoms. The molecule has 0 aliphatic heterocycles. The van der Waals surface area contributed by atoms with Crippen molar-refractivity contribution in [2.24, 2.45) is 0 Å². The maximum atomic E-state index is 12.2. The van der Waals surface area contributed by atoms with Crippen molar-refractivity contribution in [1.29, 1.82) is 0 Å². The van der Waals surface area contributed by atoms with E-state index in [-0.39, 0.29) is 5.54 Å². The highest BCUT2D eigenvalue weighted by molar-refractivity contribution is 7.91. The molecule has 0 unspecified atom stereocenters. The molecular weight excluding hydrogens is 280 g/mol. The third-order valence-electron chi connectivity index (χ3n) is 3.66. The molecule has 2 N–H and O–H groups in total. The second-order valence-electron chi connectivity index (χ2n) is 5.87. The van der Waals surface area contributed by atoms with Crippen LogP contribution in [0, 0.1) is 0 Å². The standard InChI is InChI=1S/C13H20N2O2S2/c1-13(7-8-13)15-19(16,17)12-5-4-11(18-12)6-9-14-10-2-3-10/h4-5,10,14-15H,2-3,6-9H2,1H3. The van der Waals surface area contributed by atoms with Crippen LogP contribution >= 0.6 is 11.3 Å². The van der Waals surface area contributed by atoms with Crippen LogP contribution in [0.3, 0.4) is 0 Å². The van der Waals surface area contributed by atoms with E-state index in [0.29, 0.717) is 10.3 Å². The van der Waals surface area contributed by atoms with Gasteiger partial charge < -0.3 is 5.32 Å². The molecule has 4 nitrogen and oxygen atoms in total. The van der Waals surface area contributed by atoms with E-state index in [2.05, 4.69) is 10.0 Å². The molecule has 0 saturated heterocycles. The van der Waals surface area contributed by atoms with E-state index in [4.69, 9.17) is 0 Å². The number of sulfonamides is 1. The average Bonchev–Trinajstić information content (AvgIpc) is 3.21. The predicted molar refractivity (Wildman–Crippen MR) is 77.0 cm³/mol. The monoisotopic (exact) mass is 300 g/mol.